The van der Waals surface area contributed by atoms with E-state index >= 15 is 0 Å². The average Bonchev–Trinajstić information content (AvgIpc) is 2.52. The zero-order valence-electron chi connectivity index (χ0n) is 13.0. The third-order valence-corrected chi connectivity index (χ3v) is 4.36. The first-order valence-corrected chi connectivity index (χ1v) is 8.24. The van der Waals surface area contributed by atoms with Crippen molar-refractivity contribution in [2.24, 2.45) is 5.92 Å². The van der Waals surface area contributed by atoms with Crippen LogP contribution in [0.5, 0.6) is 5.75 Å². The lowest BCUT2D eigenvalue weighted by atomic mass is 9.84. The second kappa shape index (κ2) is 8.31. The van der Waals surface area contributed by atoms with E-state index in [1.807, 2.05) is 6.07 Å². The summed E-state index contributed by atoms with van der Waals surface area (Å²) < 4.78 is 5.69. The highest BCUT2D eigenvalue weighted by Crippen LogP contribution is 2.26. The van der Waals surface area contributed by atoms with E-state index in [9.17, 15) is 0 Å². The summed E-state index contributed by atoms with van der Waals surface area (Å²) in [7, 11) is 0. The standard InChI is InChI=1S/C18H29NO/c1-3-12-20-18-11-7-8-16(13-18)14-19-15(2)17-9-5-4-6-10-17/h7-8,11,13,15,17,19H,3-6,9-10,12,14H2,1-2H3/t15-/m0/s1. The number of benzene rings is 1. The second-order valence-corrected chi connectivity index (χ2v) is 6.06. The maximum absolute atomic E-state index is 5.69. The van der Waals surface area contributed by atoms with Crippen LogP contribution in [0.2, 0.25) is 0 Å². The Morgan fingerprint density at radius 2 is 2.05 bits per heavy atom. The van der Waals surface area contributed by atoms with Gasteiger partial charge in [-0.2, -0.15) is 0 Å². The first kappa shape index (κ1) is 15.4. The van der Waals surface area contributed by atoms with Gasteiger partial charge in [-0.05, 0) is 49.8 Å². The third-order valence-electron chi connectivity index (χ3n) is 4.36. The molecule has 2 rings (SSSR count). The van der Waals surface area contributed by atoms with Crippen molar-refractivity contribution in [1.29, 1.82) is 0 Å². The van der Waals surface area contributed by atoms with E-state index in [0.29, 0.717) is 6.04 Å². The van der Waals surface area contributed by atoms with Gasteiger partial charge in [-0.1, -0.05) is 38.3 Å². The van der Waals surface area contributed by atoms with Gasteiger partial charge in [-0.25, -0.2) is 0 Å². The Hall–Kier alpha value is -1.02. The van der Waals surface area contributed by atoms with E-state index in [0.717, 1.165) is 31.2 Å². The summed E-state index contributed by atoms with van der Waals surface area (Å²) in [5.74, 6) is 1.86. The fourth-order valence-electron chi connectivity index (χ4n) is 3.04. The van der Waals surface area contributed by atoms with E-state index in [4.69, 9.17) is 4.74 Å². The summed E-state index contributed by atoms with van der Waals surface area (Å²) in [5, 5.41) is 3.70. The molecule has 1 N–H and O–H groups in total. The summed E-state index contributed by atoms with van der Waals surface area (Å²) in [6.07, 6.45) is 8.11. The molecule has 0 aromatic heterocycles. The molecule has 1 atom stereocenters. The summed E-state index contributed by atoms with van der Waals surface area (Å²) in [5.41, 5.74) is 1.32. The number of rotatable bonds is 7. The molecule has 0 saturated heterocycles. The van der Waals surface area contributed by atoms with Crippen molar-refractivity contribution in [2.45, 2.75) is 65.0 Å². The van der Waals surface area contributed by atoms with Crippen LogP contribution >= 0.6 is 0 Å². The largest absolute Gasteiger partial charge is 0.494 e. The molecule has 0 bridgehead atoms. The van der Waals surface area contributed by atoms with Crippen LogP contribution in [0, 0.1) is 5.92 Å². The Morgan fingerprint density at radius 1 is 1.25 bits per heavy atom. The summed E-state index contributed by atoms with van der Waals surface area (Å²) in [6.45, 7) is 6.22. The Balaban J connectivity index is 1.80. The fourth-order valence-corrected chi connectivity index (χ4v) is 3.04. The molecule has 20 heavy (non-hydrogen) atoms. The van der Waals surface area contributed by atoms with Gasteiger partial charge in [0.1, 0.15) is 5.75 Å². The molecule has 112 valence electrons. The van der Waals surface area contributed by atoms with E-state index in [2.05, 4.69) is 37.4 Å². The average molecular weight is 275 g/mol. The first-order valence-electron chi connectivity index (χ1n) is 8.24. The Bertz CT molecular complexity index is 385. The fraction of sp³-hybridized carbons (Fsp3) is 0.667. The van der Waals surface area contributed by atoms with Gasteiger partial charge < -0.3 is 10.1 Å². The number of hydrogen-bond acceptors (Lipinski definition) is 2. The van der Waals surface area contributed by atoms with E-state index in [1.165, 1.54) is 37.7 Å². The maximum Gasteiger partial charge on any atom is 0.119 e. The molecule has 0 radical (unpaired) electrons. The van der Waals surface area contributed by atoms with E-state index in [-0.39, 0.29) is 0 Å². The van der Waals surface area contributed by atoms with Gasteiger partial charge in [-0.3, -0.25) is 0 Å². The first-order chi connectivity index (χ1) is 9.79. The van der Waals surface area contributed by atoms with Crippen LogP contribution in [0.1, 0.15) is 57.9 Å². The molecule has 0 heterocycles. The van der Waals surface area contributed by atoms with Crippen LogP contribution in [0.3, 0.4) is 0 Å². The van der Waals surface area contributed by atoms with Crippen molar-refractivity contribution in [3.8, 4) is 5.75 Å². The lowest BCUT2D eigenvalue weighted by Crippen LogP contribution is -2.34. The molecular formula is C18H29NO. The number of nitrogens with one attached hydrogen (secondary N) is 1. The van der Waals surface area contributed by atoms with Crippen molar-refractivity contribution in [3.05, 3.63) is 29.8 Å². The van der Waals surface area contributed by atoms with Crippen LogP contribution < -0.4 is 10.1 Å². The van der Waals surface area contributed by atoms with Gasteiger partial charge in [0.15, 0.2) is 0 Å². The molecule has 0 spiro atoms. The van der Waals surface area contributed by atoms with Gasteiger partial charge in [0.2, 0.25) is 0 Å². The zero-order chi connectivity index (χ0) is 14.2. The zero-order valence-corrected chi connectivity index (χ0v) is 13.0. The van der Waals surface area contributed by atoms with Gasteiger partial charge >= 0.3 is 0 Å². The minimum atomic E-state index is 0.621. The van der Waals surface area contributed by atoms with Crippen molar-refractivity contribution < 1.29 is 4.74 Å². The highest BCUT2D eigenvalue weighted by atomic mass is 16.5. The lowest BCUT2D eigenvalue weighted by Gasteiger charge is -2.28. The van der Waals surface area contributed by atoms with Gasteiger partial charge in [0, 0.05) is 12.6 Å². The Labute approximate surface area is 123 Å². The monoisotopic (exact) mass is 275 g/mol. The molecule has 0 unspecified atom stereocenters. The van der Waals surface area contributed by atoms with Crippen LogP contribution in [-0.4, -0.2) is 12.6 Å². The minimum Gasteiger partial charge on any atom is -0.494 e. The van der Waals surface area contributed by atoms with Crippen molar-refractivity contribution >= 4 is 0 Å². The van der Waals surface area contributed by atoms with Gasteiger partial charge in [0.05, 0.1) is 6.61 Å². The quantitative estimate of drug-likeness (QED) is 0.789. The van der Waals surface area contributed by atoms with E-state index in [1.54, 1.807) is 0 Å². The maximum atomic E-state index is 5.69. The molecule has 0 amide bonds. The molecular weight excluding hydrogens is 246 g/mol. The molecule has 1 aliphatic carbocycles. The Morgan fingerprint density at radius 3 is 2.80 bits per heavy atom. The summed E-state index contributed by atoms with van der Waals surface area (Å²) >= 11 is 0. The smallest absolute Gasteiger partial charge is 0.119 e. The second-order valence-electron chi connectivity index (χ2n) is 6.06. The highest BCUT2D eigenvalue weighted by molar-refractivity contribution is 5.28. The molecule has 2 nitrogen and oxygen atoms in total. The predicted octanol–water partition coefficient (Wildman–Crippen LogP) is 4.53. The van der Waals surface area contributed by atoms with Crippen molar-refractivity contribution in [2.75, 3.05) is 6.61 Å². The number of hydrogen-bond donors (Lipinski definition) is 1. The minimum absolute atomic E-state index is 0.621. The lowest BCUT2D eigenvalue weighted by molar-refractivity contribution is 0.280. The van der Waals surface area contributed by atoms with Crippen LogP contribution in [-0.2, 0) is 6.54 Å². The number of ether oxygens (including phenoxy) is 1. The third kappa shape index (κ3) is 4.82. The van der Waals surface area contributed by atoms with E-state index < -0.39 is 0 Å². The van der Waals surface area contributed by atoms with Crippen LogP contribution in [0.15, 0.2) is 24.3 Å². The van der Waals surface area contributed by atoms with Crippen LogP contribution in [0.4, 0.5) is 0 Å². The van der Waals surface area contributed by atoms with Crippen molar-refractivity contribution in [3.63, 3.8) is 0 Å². The molecule has 2 heteroatoms. The molecule has 1 aliphatic rings. The molecule has 1 fully saturated rings. The topological polar surface area (TPSA) is 21.3 Å². The normalized spacial score (nSPS) is 17.9. The summed E-state index contributed by atoms with van der Waals surface area (Å²) in [4.78, 5) is 0. The SMILES string of the molecule is CCCOc1cccc(CN[C@@H](C)C2CCCCC2)c1. The van der Waals surface area contributed by atoms with Gasteiger partial charge in [-0.15, -0.1) is 0 Å². The highest BCUT2D eigenvalue weighted by Gasteiger charge is 2.19. The molecule has 0 aliphatic heterocycles. The van der Waals surface area contributed by atoms with Gasteiger partial charge in [0.25, 0.3) is 0 Å². The summed E-state index contributed by atoms with van der Waals surface area (Å²) in [6, 6.07) is 9.10. The Kier molecular flexibility index (Phi) is 6.38. The van der Waals surface area contributed by atoms with Crippen LogP contribution in [0.25, 0.3) is 0 Å². The molecule has 1 saturated carbocycles. The molecule has 1 aromatic rings. The van der Waals surface area contributed by atoms with Crippen molar-refractivity contribution in [1.82, 2.24) is 5.32 Å². The predicted molar refractivity (Wildman–Crippen MR) is 85.1 cm³/mol. The molecule has 1 aromatic carbocycles.